The molecule has 0 saturated heterocycles. The lowest BCUT2D eigenvalue weighted by atomic mass is 9.84. The number of hydrogen-bond acceptors (Lipinski definition) is 6. The number of carbonyl (C=O) groups excluding carboxylic acids is 1. The molecule has 1 atom stereocenters. The van der Waals surface area contributed by atoms with Crippen molar-refractivity contribution < 1.29 is 27.4 Å². The van der Waals surface area contributed by atoms with Gasteiger partial charge in [-0.15, -0.1) is 5.10 Å². The summed E-state index contributed by atoms with van der Waals surface area (Å²) in [4.78, 5) is 10.8. The molecule has 0 aliphatic carbocycles. The van der Waals surface area contributed by atoms with Crippen molar-refractivity contribution in [2.24, 2.45) is 11.5 Å². The summed E-state index contributed by atoms with van der Waals surface area (Å²) in [7, 11) is 0. The lowest BCUT2D eigenvalue weighted by molar-refractivity contribution is -0.141. The number of primary amides is 1. The highest BCUT2D eigenvalue weighted by Crippen LogP contribution is 2.46. The Morgan fingerprint density at radius 2 is 2.04 bits per heavy atom. The van der Waals surface area contributed by atoms with Crippen LogP contribution in [-0.4, -0.2) is 22.7 Å². The molecule has 5 N–H and O–H groups in total. The van der Waals surface area contributed by atoms with E-state index >= 15 is 0 Å². The fourth-order valence-electron chi connectivity index (χ4n) is 2.71. The molecular weight excluding hydrogens is 367 g/mol. The number of hydrogen-bond donors (Lipinski definition) is 3. The van der Waals surface area contributed by atoms with E-state index in [0.29, 0.717) is 5.56 Å². The highest BCUT2D eigenvalue weighted by atomic mass is 19.4. The van der Waals surface area contributed by atoms with Crippen LogP contribution in [0.3, 0.4) is 0 Å². The van der Waals surface area contributed by atoms with Gasteiger partial charge in [0.05, 0.1) is 11.5 Å². The molecule has 0 fully saturated rings. The Bertz CT molecular complexity index is 957. The van der Waals surface area contributed by atoms with Crippen LogP contribution in [0.2, 0.25) is 0 Å². The number of amides is 1. The Kier molecular flexibility index (Phi) is 4.40. The van der Waals surface area contributed by atoms with Gasteiger partial charge in [0.15, 0.2) is 6.61 Å². The quantitative estimate of drug-likeness (QED) is 0.736. The van der Waals surface area contributed by atoms with Gasteiger partial charge >= 0.3 is 6.18 Å². The van der Waals surface area contributed by atoms with Gasteiger partial charge < -0.3 is 20.9 Å². The summed E-state index contributed by atoms with van der Waals surface area (Å²) in [5, 5.41) is 14.8. The van der Waals surface area contributed by atoms with Crippen molar-refractivity contribution in [1.29, 1.82) is 5.26 Å². The van der Waals surface area contributed by atoms with E-state index in [0.717, 1.165) is 0 Å². The van der Waals surface area contributed by atoms with E-state index in [-0.39, 0.29) is 35.3 Å². The zero-order valence-corrected chi connectivity index (χ0v) is 13.5. The number of halogens is 3. The number of alkyl halides is 3. The maximum Gasteiger partial charge on any atom is 0.433 e. The molecule has 1 aromatic carbocycles. The SMILES string of the molecule is N#CC1=C(N)Oc2n[nH]c(C(F)(F)F)c2[C@@H]1c1ccc(OCC(N)=O)cc1. The minimum Gasteiger partial charge on any atom is -0.484 e. The molecule has 140 valence electrons. The lowest BCUT2D eigenvalue weighted by Crippen LogP contribution is -2.23. The van der Waals surface area contributed by atoms with E-state index in [4.69, 9.17) is 20.9 Å². The first kappa shape index (κ1) is 18.1. The van der Waals surface area contributed by atoms with Crippen molar-refractivity contribution in [3.8, 4) is 17.7 Å². The minimum atomic E-state index is -4.74. The van der Waals surface area contributed by atoms with Gasteiger partial charge in [-0.1, -0.05) is 12.1 Å². The van der Waals surface area contributed by atoms with Gasteiger partial charge in [0.1, 0.15) is 23.1 Å². The Morgan fingerprint density at radius 1 is 1.37 bits per heavy atom. The first-order valence-corrected chi connectivity index (χ1v) is 7.46. The van der Waals surface area contributed by atoms with Crippen molar-refractivity contribution in [2.75, 3.05) is 6.61 Å². The van der Waals surface area contributed by atoms with Crippen molar-refractivity contribution in [3.05, 3.63) is 52.5 Å². The third-order valence-corrected chi connectivity index (χ3v) is 3.82. The predicted octanol–water partition coefficient (Wildman–Crippen LogP) is 1.51. The van der Waals surface area contributed by atoms with Gasteiger partial charge in [-0.25, -0.2) is 0 Å². The number of aromatic nitrogens is 2. The topological polar surface area (TPSA) is 140 Å². The maximum atomic E-state index is 13.3. The predicted molar refractivity (Wildman–Crippen MR) is 84.0 cm³/mol. The first-order chi connectivity index (χ1) is 12.7. The molecule has 0 unspecified atom stereocenters. The fourth-order valence-corrected chi connectivity index (χ4v) is 2.71. The zero-order valence-electron chi connectivity index (χ0n) is 13.5. The van der Waals surface area contributed by atoms with Crippen molar-refractivity contribution >= 4 is 5.91 Å². The largest absolute Gasteiger partial charge is 0.484 e. The van der Waals surface area contributed by atoms with E-state index in [1.807, 2.05) is 5.10 Å². The van der Waals surface area contributed by atoms with E-state index in [1.54, 1.807) is 6.07 Å². The summed E-state index contributed by atoms with van der Waals surface area (Å²) >= 11 is 0. The number of nitrogens with two attached hydrogens (primary N) is 2. The molecule has 1 aliphatic rings. The number of nitrogens with one attached hydrogen (secondary N) is 1. The average Bonchev–Trinajstić information content (AvgIpc) is 3.02. The van der Waals surface area contributed by atoms with Gasteiger partial charge in [0, 0.05) is 0 Å². The van der Waals surface area contributed by atoms with Crippen molar-refractivity contribution in [1.82, 2.24) is 10.2 Å². The van der Waals surface area contributed by atoms with Crippen LogP contribution in [0.1, 0.15) is 22.7 Å². The lowest BCUT2D eigenvalue weighted by Gasteiger charge is -2.24. The number of ether oxygens (including phenoxy) is 2. The van der Waals surface area contributed by atoms with Gasteiger partial charge in [0.2, 0.25) is 11.8 Å². The molecule has 0 spiro atoms. The molecule has 0 saturated carbocycles. The molecule has 1 amide bonds. The molecule has 11 heteroatoms. The Morgan fingerprint density at radius 3 is 2.59 bits per heavy atom. The number of fused-ring (bicyclic) bond motifs is 1. The molecule has 0 bridgehead atoms. The highest BCUT2D eigenvalue weighted by molar-refractivity contribution is 5.75. The standard InChI is InChI=1S/C16H12F3N5O3/c17-16(18,19)13-12-11(9(5-20)14(22)27-15(12)24-23-13)7-1-3-8(4-2-7)26-6-10(21)25/h1-4,11H,6,22H2,(H2,21,25)(H,23,24)/t11-/m1/s1. The first-order valence-electron chi connectivity index (χ1n) is 7.46. The number of carbonyl (C=O) groups is 1. The zero-order chi connectivity index (χ0) is 19.8. The van der Waals surface area contributed by atoms with Gasteiger partial charge in [-0.2, -0.15) is 18.4 Å². The van der Waals surface area contributed by atoms with E-state index in [9.17, 15) is 23.2 Å². The average molecular weight is 379 g/mol. The summed E-state index contributed by atoms with van der Waals surface area (Å²) < 4.78 is 50.2. The molecule has 1 aromatic heterocycles. The number of allylic oxidation sites excluding steroid dienone is 1. The number of H-pyrrole nitrogens is 1. The molecule has 3 rings (SSSR count). The van der Waals surface area contributed by atoms with E-state index in [2.05, 4.69) is 5.10 Å². The molecule has 8 nitrogen and oxygen atoms in total. The summed E-state index contributed by atoms with van der Waals surface area (Å²) in [6, 6.07) is 7.57. The monoisotopic (exact) mass is 379 g/mol. The normalized spacial score (nSPS) is 16.3. The third-order valence-electron chi connectivity index (χ3n) is 3.82. The molecule has 27 heavy (non-hydrogen) atoms. The smallest absolute Gasteiger partial charge is 0.433 e. The Hall–Kier alpha value is -3.68. The van der Waals surface area contributed by atoms with Crippen LogP contribution >= 0.6 is 0 Å². The number of aromatic amines is 1. The summed E-state index contributed by atoms with van der Waals surface area (Å²) in [5.74, 6) is -2.21. The Labute approximate surface area is 150 Å². The molecule has 2 heterocycles. The molecule has 0 radical (unpaired) electrons. The maximum absolute atomic E-state index is 13.3. The summed E-state index contributed by atoms with van der Waals surface area (Å²) in [6.07, 6.45) is -4.74. The fraction of sp³-hybridized carbons (Fsp3) is 0.188. The van der Waals surface area contributed by atoms with Crippen LogP contribution in [-0.2, 0) is 11.0 Å². The van der Waals surface area contributed by atoms with Crippen LogP contribution in [0.5, 0.6) is 11.6 Å². The summed E-state index contributed by atoms with van der Waals surface area (Å²) in [5.41, 5.74) is 9.36. The second-order valence-corrected chi connectivity index (χ2v) is 5.56. The highest BCUT2D eigenvalue weighted by Gasteiger charge is 2.44. The van der Waals surface area contributed by atoms with E-state index in [1.165, 1.54) is 24.3 Å². The van der Waals surface area contributed by atoms with Gasteiger partial charge in [0.25, 0.3) is 5.91 Å². The minimum absolute atomic E-state index is 0.180. The summed E-state index contributed by atoms with van der Waals surface area (Å²) in [6.45, 7) is -0.350. The second-order valence-electron chi connectivity index (χ2n) is 5.56. The van der Waals surface area contributed by atoms with Crippen LogP contribution in [0.25, 0.3) is 0 Å². The van der Waals surface area contributed by atoms with Crippen LogP contribution in [0.4, 0.5) is 13.2 Å². The van der Waals surface area contributed by atoms with Gasteiger partial charge in [-0.3, -0.25) is 9.89 Å². The van der Waals surface area contributed by atoms with E-state index < -0.39 is 23.7 Å². The number of benzene rings is 1. The van der Waals surface area contributed by atoms with Crippen molar-refractivity contribution in [2.45, 2.75) is 12.1 Å². The number of rotatable bonds is 4. The molecule has 2 aromatic rings. The number of nitrogens with zero attached hydrogens (tertiary/aromatic N) is 2. The van der Waals surface area contributed by atoms with Crippen LogP contribution in [0.15, 0.2) is 35.7 Å². The van der Waals surface area contributed by atoms with Crippen molar-refractivity contribution in [3.63, 3.8) is 0 Å². The molecule has 1 aliphatic heterocycles. The van der Waals surface area contributed by atoms with Crippen LogP contribution in [0, 0.1) is 11.3 Å². The number of nitriles is 1. The van der Waals surface area contributed by atoms with Gasteiger partial charge in [-0.05, 0) is 17.7 Å². The molecular formula is C16H12F3N5O3. The third kappa shape index (κ3) is 3.37. The van der Waals surface area contributed by atoms with Crippen LogP contribution < -0.4 is 20.9 Å². The second kappa shape index (κ2) is 6.56. The Balaban J connectivity index is 2.07.